The van der Waals surface area contributed by atoms with Crippen LogP contribution in [0.5, 0.6) is 0 Å². The summed E-state index contributed by atoms with van der Waals surface area (Å²) in [4.78, 5) is 30.7. The van der Waals surface area contributed by atoms with Gasteiger partial charge < -0.3 is 15.0 Å². The maximum atomic E-state index is 12.5. The van der Waals surface area contributed by atoms with Gasteiger partial charge in [-0.1, -0.05) is 12.1 Å². The molecule has 2 aromatic carbocycles. The summed E-state index contributed by atoms with van der Waals surface area (Å²) in [5, 5.41) is 2.91. The molecule has 6 heteroatoms. The van der Waals surface area contributed by atoms with Crippen molar-refractivity contribution in [3.8, 4) is 11.1 Å². The number of esters is 1. The number of carbonyl (C=O) groups is 2. The molecule has 0 saturated heterocycles. The number of hydrogen-bond donors (Lipinski definition) is 1. The quantitative estimate of drug-likeness (QED) is 0.611. The van der Waals surface area contributed by atoms with Gasteiger partial charge in [-0.15, -0.1) is 0 Å². The molecule has 1 heterocycles. The third-order valence-corrected chi connectivity index (χ3v) is 4.71. The molecule has 3 rings (SSSR count). The first-order valence-electron chi connectivity index (χ1n) is 9.71. The molecule has 6 nitrogen and oxygen atoms in total. The normalized spacial score (nSPS) is 10.4. The van der Waals surface area contributed by atoms with Gasteiger partial charge in [0.1, 0.15) is 0 Å². The van der Waals surface area contributed by atoms with Crippen molar-refractivity contribution in [1.29, 1.82) is 0 Å². The highest BCUT2D eigenvalue weighted by molar-refractivity contribution is 6.05. The van der Waals surface area contributed by atoms with Gasteiger partial charge in [0.15, 0.2) is 0 Å². The zero-order valence-electron chi connectivity index (χ0n) is 17.6. The van der Waals surface area contributed by atoms with E-state index < -0.39 is 0 Å². The second-order valence-electron chi connectivity index (χ2n) is 7.07. The van der Waals surface area contributed by atoms with Crippen molar-refractivity contribution in [3.63, 3.8) is 0 Å². The van der Waals surface area contributed by atoms with E-state index in [0.29, 0.717) is 23.4 Å². The van der Waals surface area contributed by atoms with E-state index in [0.717, 1.165) is 22.4 Å². The first-order valence-corrected chi connectivity index (χ1v) is 9.71. The Morgan fingerprint density at radius 2 is 1.80 bits per heavy atom. The van der Waals surface area contributed by atoms with Crippen molar-refractivity contribution in [3.05, 3.63) is 77.6 Å². The zero-order valence-corrected chi connectivity index (χ0v) is 17.6. The van der Waals surface area contributed by atoms with Crippen molar-refractivity contribution in [2.45, 2.75) is 13.8 Å². The average Bonchev–Trinajstić information content (AvgIpc) is 2.74. The summed E-state index contributed by atoms with van der Waals surface area (Å²) >= 11 is 0. The van der Waals surface area contributed by atoms with Gasteiger partial charge in [-0.25, -0.2) is 4.79 Å². The fraction of sp³-hybridized carbons (Fsp3) is 0.208. The van der Waals surface area contributed by atoms with Gasteiger partial charge in [0.2, 0.25) is 0 Å². The highest BCUT2D eigenvalue weighted by atomic mass is 16.5. The number of anilines is 2. The van der Waals surface area contributed by atoms with Crippen LogP contribution in [0.2, 0.25) is 0 Å². The molecule has 0 unspecified atom stereocenters. The van der Waals surface area contributed by atoms with Gasteiger partial charge in [0, 0.05) is 49.0 Å². The Balaban J connectivity index is 1.88. The number of amides is 1. The molecule has 1 N–H and O–H groups in total. The van der Waals surface area contributed by atoms with Crippen LogP contribution >= 0.6 is 0 Å². The van der Waals surface area contributed by atoms with E-state index in [1.54, 1.807) is 31.5 Å². The van der Waals surface area contributed by atoms with Gasteiger partial charge in [-0.2, -0.15) is 0 Å². The van der Waals surface area contributed by atoms with E-state index >= 15 is 0 Å². The van der Waals surface area contributed by atoms with Crippen LogP contribution in [0.4, 0.5) is 11.4 Å². The van der Waals surface area contributed by atoms with Crippen LogP contribution in [0, 0.1) is 6.92 Å². The Labute approximate surface area is 176 Å². The monoisotopic (exact) mass is 403 g/mol. The van der Waals surface area contributed by atoms with Crippen molar-refractivity contribution < 1.29 is 14.3 Å². The van der Waals surface area contributed by atoms with Crippen LogP contribution in [0.1, 0.15) is 33.2 Å². The molecule has 0 aliphatic carbocycles. The molecule has 0 atom stereocenters. The Morgan fingerprint density at radius 3 is 2.43 bits per heavy atom. The van der Waals surface area contributed by atoms with Gasteiger partial charge in [-0.05, 0) is 61.4 Å². The number of carbonyl (C=O) groups excluding carboxylic acids is 2. The standard InChI is InChI=1S/C24H25N3O3/c1-5-30-24(29)18-8-11-22(27(3)4)21(14-18)17-6-9-19(10-7-17)26-23(28)20-12-13-25-15-16(20)2/h6-15H,5H2,1-4H3,(H,26,28). The maximum absolute atomic E-state index is 12.5. The maximum Gasteiger partial charge on any atom is 0.338 e. The predicted octanol–water partition coefficient (Wildman–Crippen LogP) is 4.55. The topological polar surface area (TPSA) is 71.5 Å². The number of nitrogens with zero attached hydrogens (tertiary/aromatic N) is 2. The number of aryl methyl sites for hydroxylation is 1. The third kappa shape index (κ3) is 4.66. The first-order chi connectivity index (χ1) is 14.4. The lowest BCUT2D eigenvalue weighted by atomic mass is 10.00. The van der Waals surface area contributed by atoms with Gasteiger partial charge in [0.25, 0.3) is 5.91 Å². The fourth-order valence-corrected chi connectivity index (χ4v) is 3.16. The molecule has 0 bridgehead atoms. The SMILES string of the molecule is CCOC(=O)c1ccc(N(C)C)c(-c2ccc(NC(=O)c3ccncc3C)cc2)c1. The molecular formula is C24H25N3O3. The Kier molecular flexibility index (Phi) is 6.47. The number of benzene rings is 2. The second-order valence-corrected chi connectivity index (χ2v) is 7.07. The molecule has 0 saturated carbocycles. The molecule has 0 radical (unpaired) electrons. The van der Waals surface area contributed by atoms with Crippen LogP contribution in [0.25, 0.3) is 11.1 Å². The van der Waals surface area contributed by atoms with Crippen LogP contribution in [-0.2, 0) is 4.74 Å². The van der Waals surface area contributed by atoms with E-state index in [2.05, 4.69) is 10.3 Å². The molecule has 0 aliphatic heterocycles. The van der Waals surface area contributed by atoms with E-state index in [4.69, 9.17) is 4.74 Å². The third-order valence-electron chi connectivity index (χ3n) is 4.71. The largest absolute Gasteiger partial charge is 0.462 e. The molecule has 30 heavy (non-hydrogen) atoms. The highest BCUT2D eigenvalue weighted by Gasteiger charge is 2.14. The summed E-state index contributed by atoms with van der Waals surface area (Å²) in [6.45, 7) is 3.97. The molecule has 154 valence electrons. The summed E-state index contributed by atoms with van der Waals surface area (Å²) in [7, 11) is 3.91. The lowest BCUT2D eigenvalue weighted by Gasteiger charge is -2.19. The Morgan fingerprint density at radius 1 is 1.07 bits per heavy atom. The number of hydrogen-bond acceptors (Lipinski definition) is 5. The van der Waals surface area contributed by atoms with E-state index in [9.17, 15) is 9.59 Å². The lowest BCUT2D eigenvalue weighted by molar-refractivity contribution is 0.0526. The highest BCUT2D eigenvalue weighted by Crippen LogP contribution is 2.32. The van der Waals surface area contributed by atoms with Crippen molar-refractivity contribution in [2.24, 2.45) is 0 Å². The Hall–Kier alpha value is -3.67. The average molecular weight is 403 g/mol. The predicted molar refractivity (Wildman–Crippen MR) is 119 cm³/mol. The van der Waals surface area contributed by atoms with Gasteiger partial charge in [-0.3, -0.25) is 9.78 Å². The van der Waals surface area contributed by atoms with E-state index in [1.807, 2.05) is 62.3 Å². The number of rotatable bonds is 6. The molecule has 1 amide bonds. The number of nitrogens with one attached hydrogen (secondary N) is 1. The second kappa shape index (κ2) is 9.22. The minimum Gasteiger partial charge on any atom is -0.462 e. The van der Waals surface area contributed by atoms with E-state index in [-0.39, 0.29) is 11.9 Å². The zero-order chi connectivity index (χ0) is 21.7. The van der Waals surface area contributed by atoms with Crippen molar-refractivity contribution >= 4 is 23.3 Å². The molecule has 0 fully saturated rings. The minimum absolute atomic E-state index is 0.180. The summed E-state index contributed by atoms with van der Waals surface area (Å²) in [6, 6.07) is 14.7. The molecular weight excluding hydrogens is 378 g/mol. The molecule has 3 aromatic rings. The van der Waals surface area contributed by atoms with Gasteiger partial charge >= 0.3 is 5.97 Å². The fourth-order valence-electron chi connectivity index (χ4n) is 3.16. The smallest absolute Gasteiger partial charge is 0.338 e. The van der Waals surface area contributed by atoms with Crippen LogP contribution in [0.15, 0.2) is 60.9 Å². The summed E-state index contributed by atoms with van der Waals surface area (Å²) in [5.74, 6) is -0.526. The number of ether oxygens (including phenoxy) is 1. The van der Waals surface area contributed by atoms with Crippen LogP contribution in [-0.4, -0.2) is 37.6 Å². The summed E-state index contributed by atoms with van der Waals surface area (Å²) in [6.07, 6.45) is 3.27. The van der Waals surface area contributed by atoms with Crippen molar-refractivity contribution in [1.82, 2.24) is 4.98 Å². The lowest BCUT2D eigenvalue weighted by Crippen LogP contribution is -2.13. The molecule has 0 aliphatic rings. The van der Waals surface area contributed by atoms with Crippen molar-refractivity contribution in [2.75, 3.05) is 30.9 Å². The van der Waals surface area contributed by atoms with E-state index in [1.165, 1.54) is 0 Å². The van der Waals surface area contributed by atoms with Crippen LogP contribution < -0.4 is 10.2 Å². The minimum atomic E-state index is -0.347. The Bertz CT molecular complexity index is 1060. The van der Waals surface area contributed by atoms with Gasteiger partial charge in [0.05, 0.1) is 12.2 Å². The number of pyridine rings is 1. The molecule has 1 aromatic heterocycles. The first kappa shape index (κ1) is 21.0. The summed E-state index contributed by atoms with van der Waals surface area (Å²) < 4.78 is 5.13. The number of aromatic nitrogens is 1. The molecule has 0 spiro atoms. The van der Waals surface area contributed by atoms with Crippen LogP contribution in [0.3, 0.4) is 0 Å². The summed E-state index contributed by atoms with van der Waals surface area (Å²) in [5.41, 5.74) is 5.42.